The quantitative estimate of drug-likeness (QED) is 0.471. The zero-order chi connectivity index (χ0) is 12.6. The largest absolute Gasteiger partial charge is 0.309 e. The summed E-state index contributed by atoms with van der Waals surface area (Å²) >= 11 is 3.52. The molecule has 0 aromatic heterocycles. The molecule has 1 atom stereocenters. The van der Waals surface area contributed by atoms with Gasteiger partial charge in [-0.2, -0.15) is 0 Å². The molecule has 0 aliphatic rings. The van der Waals surface area contributed by atoms with E-state index in [0.717, 1.165) is 5.33 Å². The first-order chi connectivity index (χ1) is 7.49. The van der Waals surface area contributed by atoms with Crippen LogP contribution < -0.4 is 0 Å². The van der Waals surface area contributed by atoms with Crippen molar-refractivity contribution in [3.63, 3.8) is 0 Å². The van der Waals surface area contributed by atoms with Gasteiger partial charge >= 0.3 is 0 Å². The Kier molecular flexibility index (Phi) is 8.39. The highest BCUT2D eigenvalue weighted by Crippen LogP contribution is 2.33. The minimum absolute atomic E-state index is 0.474. The molecule has 0 bridgehead atoms. The van der Waals surface area contributed by atoms with Crippen molar-refractivity contribution in [3.05, 3.63) is 11.6 Å². The van der Waals surface area contributed by atoms with Crippen molar-refractivity contribution in [2.75, 3.05) is 26.0 Å². The van der Waals surface area contributed by atoms with Crippen LogP contribution in [0.25, 0.3) is 0 Å². The summed E-state index contributed by atoms with van der Waals surface area (Å²) in [5.74, 6) is 0. The first-order valence-corrected chi connectivity index (χ1v) is 7.48. The SMILES string of the molecule is CCC[C@](CC)(C/C=C(/C)CBr)CN(C)C. The van der Waals surface area contributed by atoms with Gasteiger partial charge in [-0.05, 0) is 45.7 Å². The van der Waals surface area contributed by atoms with E-state index in [4.69, 9.17) is 0 Å². The van der Waals surface area contributed by atoms with Crippen LogP contribution in [-0.2, 0) is 0 Å². The lowest BCUT2D eigenvalue weighted by Crippen LogP contribution is -2.33. The zero-order valence-corrected chi connectivity index (χ0v) is 13.2. The topological polar surface area (TPSA) is 3.24 Å². The molecule has 1 nitrogen and oxygen atoms in total. The van der Waals surface area contributed by atoms with Crippen LogP contribution in [0.1, 0.15) is 46.5 Å². The maximum atomic E-state index is 3.52. The van der Waals surface area contributed by atoms with E-state index in [2.05, 4.69) is 61.8 Å². The lowest BCUT2D eigenvalue weighted by atomic mass is 9.77. The second-order valence-corrected chi connectivity index (χ2v) is 5.79. The highest BCUT2D eigenvalue weighted by Gasteiger charge is 2.26. The van der Waals surface area contributed by atoms with E-state index in [0.29, 0.717) is 5.41 Å². The van der Waals surface area contributed by atoms with Gasteiger partial charge in [0.2, 0.25) is 0 Å². The number of hydrogen-bond acceptors (Lipinski definition) is 1. The highest BCUT2D eigenvalue weighted by molar-refractivity contribution is 9.09. The van der Waals surface area contributed by atoms with Crippen LogP contribution in [0.4, 0.5) is 0 Å². The van der Waals surface area contributed by atoms with Gasteiger partial charge in [-0.15, -0.1) is 0 Å². The van der Waals surface area contributed by atoms with Crippen LogP contribution in [0.5, 0.6) is 0 Å². The summed E-state index contributed by atoms with van der Waals surface area (Å²) in [5, 5.41) is 1.00. The maximum Gasteiger partial charge on any atom is 0.0239 e. The minimum atomic E-state index is 0.474. The van der Waals surface area contributed by atoms with Crippen molar-refractivity contribution >= 4 is 15.9 Å². The summed E-state index contributed by atoms with van der Waals surface area (Å²) in [6, 6.07) is 0. The summed E-state index contributed by atoms with van der Waals surface area (Å²) in [6.07, 6.45) is 7.51. The monoisotopic (exact) mass is 289 g/mol. The normalized spacial score (nSPS) is 16.6. The third kappa shape index (κ3) is 6.05. The molecule has 96 valence electrons. The van der Waals surface area contributed by atoms with Crippen molar-refractivity contribution in [2.24, 2.45) is 5.41 Å². The molecule has 0 aromatic carbocycles. The zero-order valence-electron chi connectivity index (χ0n) is 11.6. The van der Waals surface area contributed by atoms with E-state index >= 15 is 0 Å². The number of alkyl halides is 1. The van der Waals surface area contributed by atoms with Gasteiger partial charge in [0.25, 0.3) is 0 Å². The van der Waals surface area contributed by atoms with E-state index in [1.54, 1.807) is 0 Å². The van der Waals surface area contributed by atoms with Crippen LogP contribution in [0, 0.1) is 5.41 Å². The summed E-state index contributed by atoms with van der Waals surface area (Å²) < 4.78 is 0. The Morgan fingerprint density at radius 1 is 1.31 bits per heavy atom. The molecule has 0 amide bonds. The molecule has 0 aliphatic carbocycles. The van der Waals surface area contributed by atoms with Crippen LogP contribution in [0.2, 0.25) is 0 Å². The Morgan fingerprint density at radius 3 is 2.31 bits per heavy atom. The van der Waals surface area contributed by atoms with Gasteiger partial charge in [-0.3, -0.25) is 0 Å². The molecule has 16 heavy (non-hydrogen) atoms. The van der Waals surface area contributed by atoms with Crippen molar-refractivity contribution in [2.45, 2.75) is 46.5 Å². The van der Waals surface area contributed by atoms with Crippen LogP contribution in [0.3, 0.4) is 0 Å². The fourth-order valence-corrected chi connectivity index (χ4v) is 2.55. The third-order valence-corrected chi connectivity index (χ3v) is 4.16. The van der Waals surface area contributed by atoms with E-state index < -0.39 is 0 Å². The lowest BCUT2D eigenvalue weighted by Gasteiger charge is -2.34. The summed E-state index contributed by atoms with van der Waals surface area (Å²) in [6.45, 7) is 8.03. The molecule has 0 aliphatic heterocycles. The van der Waals surface area contributed by atoms with Gasteiger partial charge < -0.3 is 4.90 Å². The second kappa shape index (κ2) is 8.30. The number of halogens is 1. The lowest BCUT2D eigenvalue weighted by molar-refractivity contribution is 0.173. The smallest absolute Gasteiger partial charge is 0.0239 e. The van der Waals surface area contributed by atoms with Crippen LogP contribution in [0.15, 0.2) is 11.6 Å². The predicted octanol–water partition coefficient (Wildman–Crippen LogP) is 4.48. The van der Waals surface area contributed by atoms with Gasteiger partial charge in [-0.1, -0.05) is 47.8 Å². The molecule has 0 spiro atoms. The number of hydrogen-bond donors (Lipinski definition) is 0. The minimum Gasteiger partial charge on any atom is -0.309 e. The highest BCUT2D eigenvalue weighted by atomic mass is 79.9. The van der Waals surface area contributed by atoms with Crippen molar-refractivity contribution in [1.29, 1.82) is 0 Å². The number of rotatable bonds is 8. The third-order valence-electron chi connectivity index (χ3n) is 3.28. The van der Waals surface area contributed by atoms with Crippen LogP contribution in [-0.4, -0.2) is 30.9 Å². The second-order valence-electron chi connectivity index (χ2n) is 5.23. The molecule has 0 saturated carbocycles. The summed E-state index contributed by atoms with van der Waals surface area (Å²) in [5.41, 5.74) is 1.93. The van der Waals surface area contributed by atoms with Crippen LogP contribution >= 0.6 is 15.9 Å². The number of nitrogens with zero attached hydrogens (tertiary/aromatic N) is 1. The van der Waals surface area contributed by atoms with Crippen molar-refractivity contribution < 1.29 is 0 Å². The Morgan fingerprint density at radius 2 is 1.94 bits per heavy atom. The van der Waals surface area contributed by atoms with Gasteiger partial charge in [0, 0.05) is 11.9 Å². The molecular weight excluding hydrogens is 262 g/mol. The van der Waals surface area contributed by atoms with Gasteiger partial charge in [-0.25, -0.2) is 0 Å². The van der Waals surface area contributed by atoms with E-state index in [1.165, 1.54) is 37.8 Å². The molecule has 0 rings (SSSR count). The molecule has 0 N–H and O–H groups in total. The van der Waals surface area contributed by atoms with Gasteiger partial charge in [0.1, 0.15) is 0 Å². The predicted molar refractivity (Wildman–Crippen MR) is 78.4 cm³/mol. The molecular formula is C14H28BrN. The van der Waals surface area contributed by atoms with E-state index in [9.17, 15) is 0 Å². The Hall–Kier alpha value is 0.180. The maximum absolute atomic E-state index is 3.52. The van der Waals surface area contributed by atoms with Gasteiger partial charge in [0.05, 0.1) is 0 Å². The first kappa shape index (κ1) is 16.2. The fraction of sp³-hybridized carbons (Fsp3) is 0.857. The van der Waals surface area contributed by atoms with E-state index in [1.807, 2.05) is 0 Å². The summed E-state index contributed by atoms with van der Waals surface area (Å²) in [4.78, 5) is 2.33. The Labute approximate surface area is 110 Å². The molecule has 0 radical (unpaired) electrons. The molecule has 0 saturated heterocycles. The summed E-state index contributed by atoms with van der Waals surface area (Å²) in [7, 11) is 4.36. The van der Waals surface area contributed by atoms with Crippen molar-refractivity contribution in [3.8, 4) is 0 Å². The molecule has 0 heterocycles. The average molecular weight is 290 g/mol. The fourth-order valence-electron chi connectivity index (χ4n) is 2.33. The Balaban J connectivity index is 4.61. The Bertz CT molecular complexity index is 211. The molecule has 0 unspecified atom stereocenters. The first-order valence-electron chi connectivity index (χ1n) is 6.36. The molecule has 0 aromatic rings. The molecule has 0 fully saturated rings. The average Bonchev–Trinajstić information content (AvgIpc) is 2.25. The number of allylic oxidation sites excluding steroid dienone is 2. The standard InChI is InChI=1S/C14H28BrN/c1-6-9-14(7-2,12-16(4)5)10-8-13(3)11-15/h8H,6-7,9-12H2,1-5H3/b13-8-/t14-/m1/s1. The van der Waals surface area contributed by atoms with Crippen molar-refractivity contribution in [1.82, 2.24) is 4.90 Å². The van der Waals surface area contributed by atoms with Gasteiger partial charge in [0.15, 0.2) is 0 Å². The van der Waals surface area contributed by atoms with E-state index in [-0.39, 0.29) is 0 Å². The molecule has 2 heteroatoms.